The number of nitriles is 1. The van der Waals surface area contributed by atoms with Crippen LogP contribution in [-0.4, -0.2) is 43.5 Å². The second-order valence-electron chi connectivity index (χ2n) is 6.12. The normalized spacial score (nSPS) is 14.2. The monoisotopic (exact) mass is 334 g/mol. The molecule has 1 N–H and O–H groups in total. The fourth-order valence-corrected chi connectivity index (χ4v) is 3.03. The first-order chi connectivity index (χ1) is 12.3. The molecule has 0 radical (unpaired) electrons. The van der Waals surface area contributed by atoms with Gasteiger partial charge in [-0.05, 0) is 29.8 Å². The molecule has 1 heterocycles. The van der Waals surface area contributed by atoms with E-state index in [1.54, 1.807) is 6.07 Å². The van der Waals surface area contributed by atoms with Crippen molar-refractivity contribution in [2.24, 2.45) is 0 Å². The summed E-state index contributed by atoms with van der Waals surface area (Å²) in [6.07, 6.45) is 0. The van der Waals surface area contributed by atoms with Crippen LogP contribution in [0.4, 0.5) is 5.69 Å². The Morgan fingerprint density at radius 2 is 1.80 bits per heavy atom. The van der Waals surface area contributed by atoms with Gasteiger partial charge in [-0.3, -0.25) is 4.79 Å². The number of nitrogens with zero attached hydrogens (tertiary/aromatic N) is 3. The van der Waals surface area contributed by atoms with Gasteiger partial charge in [0.05, 0.1) is 18.2 Å². The number of piperazine rings is 1. The van der Waals surface area contributed by atoms with Crippen LogP contribution in [0.5, 0.6) is 0 Å². The van der Waals surface area contributed by atoms with E-state index in [1.807, 2.05) is 41.3 Å². The van der Waals surface area contributed by atoms with Crippen molar-refractivity contribution < 1.29 is 4.79 Å². The van der Waals surface area contributed by atoms with Crippen molar-refractivity contribution in [1.29, 1.82) is 5.26 Å². The summed E-state index contributed by atoms with van der Waals surface area (Å²) in [6.45, 7) is 4.13. The molecule has 1 amide bonds. The minimum Gasteiger partial charge on any atom is -0.368 e. The standard InChI is InChI=1S/C20H22N4O/c21-14-17-5-4-6-18(13-17)15-22-16-20(25)24-11-9-23(10-12-24)19-7-2-1-3-8-19/h1-8,13,22H,9-12,15-16H2. The summed E-state index contributed by atoms with van der Waals surface area (Å²) in [5.74, 6) is 0.129. The summed E-state index contributed by atoms with van der Waals surface area (Å²) < 4.78 is 0. The fraction of sp³-hybridized carbons (Fsp3) is 0.300. The molecule has 5 heteroatoms. The molecule has 0 aromatic heterocycles. The molecule has 5 nitrogen and oxygen atoms in total. The van der Waals surface area contributed by atoms with Crippen LogP contribution in [-0.2, 0) is 11.3 Å². The van der Waals surface area contributed by atoms with E-state index in [0.717, 1.165) is 31.7 Å². The minimum absolute atomic E-state index is 0.129. The number of anilines is 1. The van der Waals surface area contributed by atoms with Gasteiger partial charge in [0.15, 0.2) is 0 Å². The molecule has 0 aliphatic carbocycles. The maximum Gasteiger partial charge on any atom is 0.236 e. The number of nitrogens with one attached hydrogen (secondary N) is 1. The highest BCUT2D eigenvalue weighted by Crippen LogP contribution is 2.15. The number of benzene rings is 2. The third kappa shape index (κ3) is 4.59. The molecule has 1 aliphatic rings. The molecule has 0 spiro atoms. The Balaban J connectivity index is 1.43. The highest BCUT2D eigenvalue weighted by atomic mass is 16.2. The van der Waals surface area contributed by atoms with Crippen LogP contribution in [0.3, 0.4) is 0 Å². The molecule has 1 fully saturated rings. The number of hydrogen-bond donors (Lipinski definition) is 1. The van der Waals surface area contributed by atoms with E-state index in [1.165, 1.54) is 5.69 Å². The highest BCUT2D eigenvalue weighted by Gasteiger charge is 2.20. The van der Waals surface area contributed by atoms with Gasteiger partial charge >= 0.3 is 0 Å². The van der Waals surface area contributed by atoms with Gasteiger partial charge in [-0.1, -0.05) is 30.3 Å². The lowest BCUT2D eigenvalue weighted by molar-refractivity contribution is -0.130. The third-order valence-electron chi connectivity index (χ3n) is 4.42. The number of carbonyl (C=O) groups is 1. The van der Waals surface area contributed by atoms with Gasteiger partial charge in [0.2, 0.25) is 5.91 Å². The van der Waals surface area contributed by atoms with Gasteiger partial charge in [-0.2, -0.15) is 5.26 Å². The van der Waals surface area contributed by atoms with Gasteiger partial charge in [0.1, 0.15) is 0 Å². The molecule has 0 bridgehead atoms. The summed E-state index contributed by atoms with van der Waals surface area (Å²) in [5.41, 5.74) is 2.87. The first-order valence-electron chi connectivity index (χ1n) is 8.54. The smallest absolute Gasteiger partial charge is 0.236 e. The fourth-order valence-electron chi connectivity index (χ4n) is 3.03. The molecule has 1 aliphatic heterocycles. The number of hydrogen-bond acceptors (Lipinski definition) is 4. The van der Waals surface area contributed by atoms with Crippen LogP contribution in [0.1, 0.15) is 11.1 Å². The van der Waals surface area contributed by atoms with Crippen molar-refractivity contribution in [2.75, 3.05) is 37.6 Å². The Morgan fingerprint density at radius 3 is 2.52 bits per heavy atom. The Bertz CT molecular complexity index is 746. The minimum atomic E-state index is 0.129. The molecule has 2 aromatic rings. The highest BCUT2D eigenvalue weighted by molar-refractivity contribution is 5.78. The van der Waals surface area contributed by atoms with Gasteiger partial charge in [-0.15, -0.1) is 0 Å². The number of amides is 1. The van der Waals surface area contributed by atoms with E-state index >= 15 is 0 Å². The van der Waals surface area contributed by atoms with Crippen LogP contribution in [0.25, 0.3) is 0 Å². The van der Waals surface area contributed by atoms with E-state index in [-0.39, 0.29) is 5.91 Å². The maximum atomic E-state index is 12.3. The molecule has 25 heavy (non-hydrogen) atoms. The number of carbonyl (C=O) groups excluding carboxylic acids is 1. The zero-order chi connectivity index (χ0) is 17.5. The Kier molecular flexibility index (Phi) is 5.65. The molecule has 0 saturated carbocycles. The van der Waals surface area contributed by atoms with Gasteiger partial charge in [0, 0.05) is 38.4 Å². The van der Waals surface area contributed by atoms with E-state index in [0.29, 0.717) is 18.7 Å². The zero-order valence-corrected chi connectivity index (χ0v) is 14.2. The van der Waals surface area contributed by atoms with Crippen LogP contribution in [0.2, 0.25) is 0 Å². The first-order valence-corrected chi connectivity index (χ1v) is 8.54. The second-order valence-corrected chi connectivity index (χ2v) is 6.12. The number of para-hydroxylation sites is 1. The quantitative estimate of drug-likeness (QED) is 0.908. The molecule has 128 valence electrons. The molecule has 0 atom stereocenters. The topological polar surface area (TPSA) is 59.4 Å². The third-order valence-corrected chi connectivity index (χ3v) is 4.42. The average Bonchev–Trinajstić information content (AvgIpc) is 2.69. The van der Waals surface area contributed by atoms with Crippen LogP contribution < -0.4 is 10.2 Å². The Labute approximate surface area is 148 Å². The predicted molar refractivity (Wildman–Crippen MR) is 98.1 cm³/mol. The molecular weight excluding hydrogens is 312 g/mol. The van der Waals surface area contributed by atoms with Crippen molar-refractivity contribution in [3.63, 3.8) is 0 Å². The van der Waals surface area contributed by atoms with Gasteiger partial charge in [-0.25, -0.2) is 0 Å². The second kappa shape index (κ2) is 8.32. The summed E-state index contributed by atoms with van der Waals surface area (Å²) in [5, 5.41) is 12.1. The first kappa shape index (κ1) is 17.0. The molecule has 3 rings (SSSR count). The molecule has 0 unspecified atom stereocenters. The summed E-state index contributed by atoms with van der Waals surface area (Å²) in [7, 11) is 0. The largest absolute Gasteiger partial charge is 0.368 e. The van der Waals surface area contributed by atoms with Gasteiger partial charge < -0.3 is 15.1 Å². The summed E-state index contributed by atoms with van der Waals surface area (Å²) >= 11 is 0. The van der Waals surface area contributed by atoms with Crippen molar-refractivity contribution in [3.8, 4) is 6.07 Å². The van der Waals surface area contributed by atoms with E-state index in [9.17, 15) is 4.79 Å². The SMILES string of the molecule is N#Cc1cccc(CNCC(=O)N2CCN(c3ccccc3)CC2)c1. The van der Waals surface area contributed by atoms with Crippen LogP contribution in [0.15, 0.2) is 54.6 Å². The van der Waals surface area contributed by atoms with Crippen molar-refractivity contribution in [3.05, 3.63) is 65.7 Å². The van der Waals surface area contributed by atoms with Crippen molar-refractivity contribution in [2.45, 2.75) is 6.54 Å². The zero-order valence-electron chi connectivity index (χ0n) is 14.2. The van der Waals surface area contributed by atoms with Crippen LogP contribution >= 0.6 is 0 Å². The Morgan fingerprint density at radius 1 is 1.04 bits per heavy atom. The molecule has 2 aromatic carbocycles. The van der Waals surface area contributed by atoms with Crippen LogP contribution in [0, 0.1) is 11.3 Å². The van der Waals surface area contributed by atoms with E-state index < -0.39 is 0 Å². The van der Waals surface area contributed by atoms with Crippen molar-refractivity contribution in [1.82, 2.24) is 10.2 Å². The summed E-state index contributed by atoms with van der Waals surface area (Å²) in [6, 6.07) is 19.9. The maximum absolute atomic E-state index is 12.3. The average molecular weight is 334 g/mol. The summed E-state index contributed by atoms with van der Waals surface area (Å²) in [4.78, 5) is 16.6. The molecule has 1 saturated heterocycles. The molecular formula is C20H22N4O. The lowest BCUT2D eigenvalue weighted by Gasteiger charge is -2.36. The Hall–Kier alpha value is -2.84. The lowest BCUT2D eigenvalue weighted by atomic mass is 10.1. The predicted octanol–water partition coefficient (Wildman–Crippen LogP) is 2.00. The van der Waals surface area contributed by atoms with E-state index in [4.69, 9.17) is 5.26 Å². The van der Waals surface area contributed by atoms with Gasteiger partial charge in [0.25, 0.3) is 0 Å². The van der Waals surface area contributed by atoms with Crippen molar-refractivity contribution >= 4 is 11.6 Å². The van der Waals surface area contributed by atoms with E-state index in [2.05, 4.69) is 28.4 Å². The lowest BCUT2D eigenvalue weighted by Crippen LogP contribution is -2.50. The number of rotatable bonds is 5.